The van der Waals surface area contributed by atoms with E-state index in [1.54, 1.807) is 21.1 Å². The molecule has 0 radical (unpaired) electrons. The molecule has 94 valence electrons. The highest BCUT2D eigenvalue weighted by atomic mass is 16.4. The van der Waals surface area contributed by atoms with Crippen molar-refractivity contribution < 1.29 is 9.53 Å². The Morgan fingerprint density at radius 3 is 1.44 bits per heavy atom. The number of benzene rings is 1. The van der Waals surface area contributed by atoms with Crippen LogP contribution >= 0.6 is 0 Å². The van der Waals surface area contributed by atoms with Crippen LogP contribution in [0.2, 0.25) is 0 Å². The van der Waals surface area contributed by atoms with Gasteiger partial charge in [0.1, 0.15) is 0 Å². The summed E-state index contributed by atoms with van der Waals surface area (Å²) in [6, 6.07) is 9.23. The highest BCUT2D eigenvalue weighted by Crippen LogP contribution is 1.97. The molecule has 1 aromatic carbocycles. The molecule has 1 rings (SSSR count). The Labute approximate surface area is 101 Å². The van der Waals surface area contributed by atoms with Gasteiger partial charge in [-0.15, -0.1) is 0 Å². The number of ketones is 1. The van der Waals surface area contributed by atoms with Gasteiger partial charge in [-0.05, 0) is 6.92 Å². The van der Waals surface area contributed by atoms with Crippen molar-refractivity contribution in [1.29, 1.82) is 0 Å². The fraction of sp³-hybridized carbons (Fsp3) is 0.500. The predicted molar refractivity (Wildman–Crippen MR) is 72.1 cm³/mol. The highest BCUT2D eigenvalue weighted by Gasteiger charge is 1.92. The summed E-state index contributed by atoms with van der Waals surface area (Å²) in [6.07, 6.45) is 0. The molecule has 0 aromatic heterocycles. The molecule has 0 N–H and O–H groups in total. The SMILES string of the molecule is CC.CC.CC(=O)c1ccccc1.COC. The third-order valence-electron chi connectivity index (χ3n) is 1.18. The smallest absolute Gasteiger partial charge is 0.159 e. The van der Waals surface area contributed by atoms with Crippen molar-refractivity contribution >= 4 is 5.78 Å². The largest absolute Gasteiger partial charge is 0.388 e. The number of carbonyl (C=O) groups excluding carboxylic acids is 1. The molecule has 0 fully saturated rings. The van der Waals surface area contributed by atoms with E-state index in [9.17, 15) is 4.79 Å². The molecule has 0 saturated heterocycles. The van der Waals surface area contributed by atoms with Crippen LogP contribution in [-0.2, 0) is 4.74 Å². The van der Waals surface area contributed by atoms with Crippen LogP contribution in [0.1, 0.15) is 45.0 Å². The van der Waals surface area contributed by atoms with Gasteiger partial charge in [-0.1, -0.05) is 58.0 Å². The summed E-state index contributed by atoms with van der Waals surface area (Å²) in [7, 11) is 3.25. The van der Waals surface area contributed by atoms with Gasteiger partial charge in [-0.25, -0.2) is 0 Å². The van der Waals surface area contributed by atoms with Gasteiger partial charge in [-0.2, -0.15) is 0 Å². The number of carbonyl (C=O) groups is 1. The van der Waals surface area contributed by atoms with Crippen molar-refractivity contribution in [3.63, 3.8) is 0 Å². The molecule has 16 heavy (non-hydrogen) atoms. The maximum Gasteiger partial charge on any atom is 0.159 e. The Morgan fingerprint density at radius 1 is 0.938 bits per heavy atom. The van der Waals surface area contributed by atoms with Crippen LogP contribution in [0.3, 0.4) is 0 Å². The van der Waals surface area contributed by atoms with E-state index in [0.717, 1.165) is 5.56 Å². The van der Waals surface area contributed by atoms with Crippen molar-refractivity contribution in [1.82, 2.24) is 0 Å². The first-order valence-electron chi connectivity index (χ1n) is 5.68. The molecule has 0 bridgehead atoms. The van der Waals surface area contributed by atoms with Crippen molar-refractivity contribution in [3.05, 3.63) is 35.9 Å². The van der Waals surface area contributed by atoms with E-state index in [-0.39, 0.29) is 5.78 Å². The Morgan fingerprint density at radius 2 is 1.25 bits per heavy atom. The Hall–Kier alpha value is -1.15. The van der Waals surface area contributed by atoms with Gasteiger partial charge in [0.15, 0.2) is 5.78 Å². The zero-order valence-corrected chi connectivity index (χ0v) is 11.7. The van der Waals surface area contributed by atoms with Crippen molar-refractivity contribution in [2.24, 2.45) is 0 Å². The van der Waals surface area contributed by atoms with Gasteiger partial charge < -0.3 is 4.74 Å². The summed E-state index contributed by atoms with van der Waals surface area (Å²) in [5.74, 6) is 0.121. The van der Waals surface area contributed by atoms with E-state index in [4.69, 9.17) is 0 Å². The van der Waals surface area contributed by atoms with Crippen molar-refractivity contribution in [3.8, 4) is 0 Å². The molecule has 0 amide bonds. The molecule has 0 aliphatic rings. The Bertz CT molecular complexity index is 217. The molecular formula is C14H26O2. The maximum atomic E-state index is 10.6. The first-order chi connectivity index (χ1) is 7.72. The lowest BCUT2D eigenvalue weighted by atomic mass is 10.2. The molecule has 2 heteroatoms. The summed E-state index contributed by atoms with van der Waals surface area (Å²) >= 11 is 0. The highest BCUT2D eigenvalue weighted by molar-refractivity contribution is 5.93. The standard InChI is InChI=1S/C8H8O.C2H6O.2C2H6/c1-7(9)8-5-3-2-4-6-8;1-3-2;2*1-2/h2-6H,1H3;1-2H3;2*1-2H3. The quantitative estimate of drug-likeness (QED) is 0.671. The Balaban J connectivity index is -0.000000206. The van der Waals surface area contributed by atoms with Crippen LogP contribution in [0.4, 0.5) is 0 Å². The summed E-state index contributed by atoms with van der Waals surface area (Å²) < 4.78 is 4.25. The van der Waals surface area contributed by atoms with Gasteiger partial charge in [0, 0.05) is 19.8 Å². The summed E-state index contributed by atoms with van der Waals surface area (Å²) in [6.45, 7) is 9.56. The molecule has 0 unspecified atom stereocenters. The predicted octanol–water partition coefficient (Wildman–Crippen LogP) is 4.20. The second-order valence-electron chi connectivity index (χ2n) is 2.33. The summed E-state index contributed by atoms with van der Waals surface area (Å²) in [5, 5.41) is 0. The molecule has 0 saturated carbocycles. The molecule has 2 nitrogen and oxygen atoms in total. The van der Waals surface area contributed by atoms with Gasteiger partial charge in [0.2, 0.25) is 0 Å². The third-order valence-corrected chi connectivity index (χ3v) is 1.18. The van der Waals surface area contributed by atoms with E-state index in [1.165, 1.54) is 0 Å². The minimum Gasteiger partial charge on any atom is -0.388 e. The molecule has 0 aliphatic heterocycles. The third kappa shape index (κ3) is 15.3. The average molecular weight is 226 g/mol. The van der Waals surface area contributed by atoms with Gasteiger partial charge in [-0.3, -0.25) is 4.79 Å². The van der Waals surface area contributed by atoms with Gasteiger partial charge in [0.25, 0.3) is 0 Å². The first kappa shape index (κ1) is 20.3. The summed E-state index contributed by atoms with van der Waals surface area (Å²) in [4.78, 5) is 10.6. The van der Waals surface area contributed by atoms with Crippen LogP contribution in [-0.4, -0.2) is 20.0 Å². The number of rotatable bonds is 1. The number of hydrogen-bond donors (Lipinski definition) is 0. The molecule has 0 aliphatic carbocycles. The van der Waals surface area contributed by atoms with E-state index in [2.05, 4.69) is 4.74 Å². The van der Waals surface area contributed by atoms with Crippen LogP contribution in [0.25, 0.3) is 0 Å². The number of hydrogen-bond acceptors (Lipinski definition) is 2. The monoisotopic (exact) mass is 226 g/mol. The first-order valence-corrected chi connectivity index (χ1v) is 5.68. The second kappa shape index (κ2) is 19.4. The van der Waals surface area contributed by atoms with Gasteiger partial charge in [0.05, 0.1) is 0 Å². The fourth-order valence-electron chi connectivity index (χ4n) is 0.673. The minimum atomic E-state index is 0.121. The second-order valence-corrected chi connectivity index (χ2v) is 2.33. The van der Waals surface area contributed by atoms with E-state index in [1.807, 2.05) is 58.0 Å². The topological polar surface area (TPSA) is 26.3 Å². The fourth-order valence-corrected chi connectivity index (χ4v) is 0.673. The molecule has 1 aromatic rings. The molecular weight excluding hydrogens is 200 g/mol. The van der Waals surface area contributed by atoms with Crippen LogP contribution in [0.15, 0.2) is 30.3 Å². The van der Waals surface area contributed by atoms with Gasteiger partial charge >= 0.3 is 0 Å². The Kier molecular flexibility index (Phi) is 24.6. The lowest BCUT2D eigenvalue weighted by Crippen LogP contribution is -1.88. The van der Waals surface area contributed by atoms with Crippen LogP contribution in [0.5, 0.6) is 0 Å². The number of methoxy groups -OCH3 is 1. The lowest BCUT2D eigenvalue weighted by Gasteiger charge is -1.89. The van der Waals surface area contributed by atoms with Crippen LogP contribution < -0.4 is 0 Å². The van der Waals surface area contributed by atoms with E-state index < -0.39 is 0 Å². The summed E-state index contributed by atoms with van der Waals surface area (Å²) in [5.41, 5.74) is 0.775. The lowest BCUT2D eigenvalue weighted by molar-refractivity contribution is 0.101. The van der Waals surface area contributed by atoms with Crippen molar-refractivity contribution in [2.75, 3.05) is 14.2 Å². The number of Topliss-reactive ketones (excluding diaryl/α,β-unsaturated/α-hetero) is 1. The van der Waals surface area contributed by atoms with Crippen LogP contribution in [0, 0.1) is 0 Å². The van der Waals surface area contributed by atoms with E-state index >= 15 is 0 Å². The number of ether oxygens (including phenoxy) is 1. The normalized spacial score (nSPS) is 6.94. The molecule has 0 spiro atoms. The zero-order chi connectivity index (χ0) is 13.4. The van der Waals surface area contributed by atoms with Crippen molar-refractivity contribution in [2.45, 2.75) is 34.6 Å². The average Bonchev–Trinajstić information content (AvgIpc) is 2.36. The maximum absolute atomic E-state index is 10.6. The molecule has 0 heterocycles. The molecule has 0 atom stereocenters. The van der Waals surface area contributed by atoms with E-state index in [0.29, 0.717) is 0 Å². The minimum absolute atomic E-state index is 0.121. The zero-order valence-electron chi connectivity index (χ0n) is 11.7.